The van der Waals surface area contributed by atoms with E-state index in [1.165, 1.54) is 5.56 Å². The predicted molar refractivity (Wildman–Crippen MR) is 84.1 cm³/mol. The van der Waals surface area contributed by atoms with Crippen molar-refractivity contribution in [3.8, 4) is 0 Å². The second-order valence-electron chi connectivity index (χ2n) is 4.75. The second-order valence-corrected chi connectivity index (χ2v) is 5.53. The van der Waals surface area contributed by atoms with E-state index >= 15 is 0 Å². The lowest BCUT2D eigenvalue weighted by Gasteiger charge is -2.14. The van der Waals surface area contributed by atoms with E-state index in [1.54, 1.807) is 18.4 Å². The summed E-state index contributed by atoms with van der Waals surface area (Å²) in [5.41, 5.74) is 7.15. The molecule has 2 heterocycles. The van der Waals surface area contributed by atoms with Crippen LogP contribution in [0, 0.1) is 0 Å². The number of thiophene rings is 1. The molecule has 6 heteroatoms. The topological polar surface area (TPSA) is 76.7 Å². The largest absolute Gasteiger partial charge is 0.368 e. The Morgan fingerprint density at radius 3 is 2.85 bits per heavy atom. The summed E-state index contributed by atoms with van der Waals surface area (Å²) in [4.78, 5) is 12.7. The van der Waals surface area contributed by atoms with Gasteiger partial charge in [0, 0.05) is 13.0 Å². The third-order valence-electron chi connectivity index (χ3n) is 3.35. The summed E-state index contributed by atoms with van der Waals surface area (Å²) in [5.74, 6) is 1.97. The maximum Gasteiger partial charge on any atom is 0.227 e. The first-order valence-electron chi connectivity index (χ1n) is 6.93. The molecule has 2 rings (SSSR count). The molecule has 0 amide bonds. The fourth-order valence-corrected chi connectivity index (χ4v) is 2.91. The monoisotopic (exact) mass is 291 g/mol. The predicted octanol–water partition coefficient (Wildman–Crippen LogP) is 3.07. The fraction of sp³-hybridized carbons (Fsp3) is 0.500. The van der Waals surface area contributed by atoms with Crippen LogP contribution >= 0.6 is 11.3 Å². The first-order valence-corrected chi connectivity index (χ1v) is 7.87. The molecule has 0 saturated carbocycles. The van der Waals surface area contributed by atoms with Gasteiger partial charge in [-0.25, -0.2) is 0 Å². The van der Waals surface area contributed by atoms with Crippen molar-refractivity contribution in [3.05, 3.63) is 28.2 Å². The number of nitrogens with two attached hydrogens (primary N) is 1. The number of anilines is 2. The third kappa shape index (κ3) is 3.90. The molecule has 2 aromatic rings. The smallest absolute Gasteiger partial charge is 0.227 e. The van der Waals surface area contributed by atoms with Gasteiger partial charge in [0.2, 0.25) is 11.9 Å². The summed E-state index contributed by atoms with van der Waals surface area (Å²) in [5, 5.41) is 7.26. The number of hydrogen-bond donors (Lipinski definition) is 2. The summed E-state index contributed by atoms with van der Waals surface area (Å²) in [6.45, 7) is 2.16. The Hall–Kier alpha value is -1.69. The van der Waals surface area contributed by atoms with Crippen LogP contribution in [0.4, 0.5) is 11.9 Å². The number of nitrogen functional groups attached to an aromatic ring is 1. The van der Waals surface area contributed by atoms with Crippen LogP contribution in [0.15, 0.2) is 16.8 Å². The Morgan fingerprint density at radius 1 is 1.35 bits per heavy atom. The summed E-state index contributed by atoms with van der Waals surface area (Å²) in [7, 11) is 1.79. The minimum atomic E-state index is 0.288. The quantitative estimate of drug-likeness (QED) is 0.820. The maximum atomic E-state index is 5.73. The van der Waals surface area contributed by atoms with Gasteiger partial charge in [0.1, 0.15) is 5.82 Å². The first kappa shape index (κ1) is 14.7. The van der Waals surface area contributed by atoms with E-state index in [4.69, 9.17) is 5.73 Å². The molecule has 1 atom stereocenters. The van der Waals surface area contributed by atoms with Crippen molar-refractivity contribution in [2.45, 2.75) is 38.5 Å². The van der Waals surface area contributed by atoms with E-state index in [1.807, 2.05) is 0 Å². The minimum absolute atomic E-state index is 0.288. The highest BCUT2D eigenvalue weighted by Crippen LogP contribution is 2.24. The van der Waals surface area contributed by atoms with Crippen molar-refractivity contribution in [3.63, 3.8) is 0 Å². The fourth-order valence-electron chi connectivity index (χ4n) is 2.21. The van der Waals surface area contributed by atoms with E-state index in [0.717, 1.165) is 31.5 Å². The highest BCUT2D eigenvalue weighted by Gasteiger charge is 2.14. The number of nitrogens with zero attached hydrogens (tertiary/aromatic N) is 3. The van der Waals surface area contributed by atoms with Gasteiger partial charge in [-0.05, 0) is 48.1 Å². The van der Waals surface area contributed by atoms with Gasteiger partial charge in [-0.1, -0.05) is 6.92 Å². The Balaban J connectivity index is 1.98. The van der Waals surface area contributed by atoms with Crippen molar-refractivity contribution in [1.82, 2.24) is 15.0 Å². The van der Waals surface area contributed by atoms with Gasteiger partial charge in [0.05, 0.1) is 0 Å². The molecule has 20 heavy (non-hydrogen) atoms. The van der Waals surface area contributed by atoms with Crippen LogP contribution < -0.4 is 11.1 Å². The molecule has 0 fully saturated rings. The Labute approximate surface area is 123 Å². The summed E-state index contributed by atoms with van der Waals surface area (Å²) < 4.78 is 0. The van der Waals surface area contributed by atoms with Gasteiger partial charge in [0.25, 0.3) is 0 Å². The highest BCUT2D eigenvalue weighted by atomic mass is 32.1. The van der Waals surface area contributed by atoms with Gasteiger partial charge in [0.15, 0.2) is 0 Å². The summed E-state index contributed by atoms with van der Waals surface area (Å²) >= 11 is 1.75. The highest BCUT2D eigenvalue weighted by molar-refractivity contribution is 7.07. The van der Waals surface area contributed by atoms with Crippen LogP contribution in [0.1, 0.15) is 43.5 Å². The van der Waals surface area contributed by atoms with E-state index in [0.29, 0.717) is 11.9 Å². The van der Waals surface area contributed by atoms with Crippen molar-refractivity contribution in [2.75, 3.05) is 18.1 Å². The number of nitrogens with one attached hydrogen (secondary N) is 1. The van der Waals surface area contributed by atoms with Crippen molar-refractivity contribution < 1.29 is 0 Å². The van der Waals surface area contributed by atoms with Gasteiger partial charge < -0.3 is 11.1 Å². The minimum Gasteiger partial charge on any atom is -0.368 e. The molecule has 0 aromatic carbocycles. The van der Waals surface area contributed by atoms with Crippen molar-refractivity contribution in [2.24, 2.45) is 0 Å². The second kappa shape index (κ2) is 7.19. The Kier molecular flexibility index (Phi) is 5.29. The van der Waals surface area contributed by atoms with E-state index in [-0.39, 0.29) is 5.95 Å². The molecule has 5 nitrogen and oxygen atoms in total. The number of aryl methyl sites for hydroxylation is 1. The Morgan fingerprint density at radius 2 is 2.20 bits per heavy atom. The zero-order valence-corrected chi connectivity index (χ0v) is 12.8. The standard InChI is InChI=1S/C14H21N5S/c1-3-11(6-4-5-10-7-8-20-9-10)12-17-13(15)19-14(16-2)18-12/h7-9,11H,3-6H2,1-2H3,(H3,15,16,17,18,19). The molecule has 0 aliphatic carbocycles. The lowest BCUT2D eigenvalue weighted by atomic mass is 9.97. The molecule has 1 unspecified atom stereocenters. The van der Waals surface area contributed by atoms with Gasteiger partial charge in [-0.3, -0.25) is 0 Å². The van der Waals surface area contributed by atoms with Crippen LogP contribution in [0.5, 0.6) is 0 Å². The number of hydrogen-bond acceptors (Lipinski definition) is 6. The third-order valence-corrected chi connectivity index (χ3v) is 4.08. The average Bonchev–Trinajstić information content (AvgIpc) is 2.96. The average molecular weight is 291 g/mol. The van der Waals surface area contributed by atoms with Crippen LogP contribution in [0.3, 0.4) is 0 Å². The molecular weight excluding hydrogens is 270 g/mol. The van der Waals surface area contributed by atoms with Crippen molar-refractivity contribution in [1.29, 1.82) is 0 Å². The molecule has 0 saturated heterocycles. The number of rotatable bonds is 7. The molecule has 0 radical (unpaired) electrons. The maximum absolute atomic E-state index is 5.73. The number of aromatic nitrogens is 3. The molecule has 3 N–H and O–H groups in total. The molecular formula is C14H21N5S. The zero-order chi connectivity index (χ0) is 14.4. The van der Waals surface area contributed by atoms with E-state index in [9.17, 15) is 0 Å². The molecule has 0 bridgehead atoms. The van der Waals surface area contributed by atoms with Crippen LogP contribution in [-0.4, -0.2) is 22.0 Å². The first-order chi connectivity index (χ1) is 9.72. The molecule has 108 valence electrons. The van der Waals surface area contributed by atoms with Crippen molar-refractivity contribution >= 4 is 23.2 Å². The SMILES string of the molecule is CCC(CCCc1ccsc1)c1nc(N)nc(NC)n1. The summed E-state index contributed by atoms with van der Waals surface area (Å²) in [6, 6.07) is 2.19. The van der Waals surface area contributed by atoms with E-state index < -0.39 is 0 Å². The van der Waals surface area contributed by atoms with Crippen LogP contribution in [-0.2, 0) is 6.42 Å². The van der Waals surface area contributed by atoms with Crippen LogP contribution in [0.25, 0.3) is 0 Å². The lowest BCUT2D eigenvalue weighted by molar-refractivity contribution is 0.547. The van der Waals surface area contributed by atoms with Gasteiger partial charge in [-0.2, -0.15) is 26.3 Å². The molecule has 0 aliphatic heterocycles. The van der Waals surface area contributed by atoms with E-state index in [2.05, 4.69) is 44.0 Å². The molecule has 0 aliphatic rings. The van der Waals surface area contributed by atoms with Gasteiger partial charge >= 0.3 is 0 Å². The van der Waals surface area contributed by atoms with Gasteiger partial charge in [-0.15, -0.1) is 0 Å². The lowest BCUT2D eigenvalue weighted by Crippen LogP contribution is -2.11. The summed E-state index contributed by atoms with van der Waals surface area (Å²) in [6.07, 6.45) is 4.32. The Bertz CT molecular complexity index is 526. The van der Waals surface area contributed by atoms with Crippen LogP contribution in [0.2, 0.25) is 0 Å². The zero-order valence-electron chi connectivity index (χ0n) is 12.0. The molecule has 2 aromatic heterocycles. The normalized spacial score (nSPS) is 12.3. The molecule has 0 spiro atoms.